The number of hydrogen-bond donors (Lipinski definition) is 3. The van der Waals surface area contributed by atoms with E-state index in [1.165, 1.54) is 18.2 Å². The number of benzene rings is 3. The quantitative estimate of drug-likeness (QED) is 0.415. The van der Waals surface area contributed by atoms with Crippen molar-refractivity contribution in [3.63, 3.8) is 0 Å². The van der Waals surface area contributed by atoms with Gasteiger partial charge < -0.3 is 20.7 Å². The SMILES string of the molecule is O=C1CCc2cccc(c2)OCCCC[C@H](C(=O)NCc2ccccc2F)NC(=O)[C@H](CCc2ccc(F)cc2)N1. The normalized spacial score (nSPS) is 18.5. The van der Waals surface area contributed by atoms with E-state index in [2.05, 4.69) is 16.0 Å². The first-order chi connectivity index (χ1) is 19.9. The third-order valence-corrected chi connectivity index (χ3v) is 7.03. The molecule has 0 aromatic heterocycles. The molecule has 7 nitrogen and oxygen atoms in total. The first-order valence-electron chi connectivity index (χ1n) is 13.9. The van der Waals surface area contributed by atoms with Gasteiger partial charge in [0.05, 0.1) is 6.61 Å². The first-order valence-corrected chi connectivity index (χ1v) is 13.9. The van der Waals surface area contributed by atoms with Crippen molar-refractivity contribution in [1.29, 1.82) is 0 Å². The molecule has 1 aliphatic rings. The lowest BCUT2D eigenvalue weighted by Gasteiger charge is -2.24. The summed E-state index contributed by atoms with van der Waals surface area (Å²) in [6.45, 7) is 0.407. The van der Waals surface area contributed by atoms with Crippen LogP contribution >= 0.6 is 0 Å². The largest absolute Gasteiger partial charge is 0.494 e. The fourth-order valence-corrected chi connectivity index (χ4v) is 4.68. The predicted molar refractivity (Wildman–Crippen MR) is 151 cm³/mol. The molecule has 0 saturated carbocycles. The third-order valence-electron chi connectivity index (χ3n) is 7.03. The van der Waals surface area contributed by atoms with Crippen LogP contribution in [0.4, 0.5) is 8.78 Å². The molecule has 0 aliphatic carbocycles. The highest BCUT2D eigenvalue weighted by atomic mass is 19.1. The van der Waals surface area contributed by atoms with Crippen LogP contribution in [0.3, 0.4) is 0 Å². The second kappa shape index (κ2) is 14.9. The Morgan fingerprint density at radius 2 is 1.73 bits per heavy atom. The molecule has 0 fully saturated rings. The van der Waals surface area contributed by atoms with Gasteiger partial charge in [0.1, 0.15) is 29.5 Å². The second-order valence-corrected chi connectivity index (χ2v) is 10.1. The van der Waals surface area contributed by atoms with E-state index in [4.69, 9.17) is 4.74 Å². The van der Waals surface area contributed by atoms with E-state index in [0.29, 0.717) is 50.0 Å². The number of carbonyl (C=O) groups is 3. The lowest BCUT2D eigenvalue weighted by atomic mass is 10.0. The number of nitrogens with one attached hydrogen (secondary N) is 3. The number of hydrogen-bond acceptors (Lipinski definition) is 4. The highest BCUT2D eigenvalue weighted by Gasteiger charge is 2.27. The number of amides is 3. The number of fused-ring (bicyclic) bond motifs is 2. The smallest absolute Gasteiger partial charge is 0.243 e. The van der Waals surface area contributed by atoms with Crippen molar-refractivity contribution in [2.75, 3.05) is 6.61 Å². The van der Waals surface area contributed by atoms with Gasteiger partial charge in [-0.2, -0.15) is 0 Å². The summed E-state index contributed by atoms with van der Waals surface area (Å²) in [5.41, 5.74) is 2.10. The zero-order valence-corrected chi connectivity index (χ0v) is 22.8. The maximum Gasteiger partial charge on any atom is 0.243 e. The minimum atomic E-state index is -0.906. The Labute approximate surface area is 238 Å². The molecule has 2 atom stereocenters. The molecule has 3 aromatic carbocycles. The summed E-state index contributed by atoms with van der Waals surface area (Å²) < 4.78 is 33.3. The van der Waals surface area contributed by atoms with E-state index in [1.54, 1.807) is 30.3 Å². The molecule has 0 spiro atoms. The maximum absolute atomic E-state index is 14.1. The van der Waals surface area contributed by atoms with Gasteiger partial charge >= 0.3 is 0 Å². The van der Waals surface area contributed by atoms with Crippen LogP contribution in [-0.4, -0.2) is 36.4 Å². The molecule has 0 unspecified atom stereocenters. The van der Waals surface area contributed by atoms with E-state index in [9.17, 15) is 23.2 Å². The summed E-state index contributed by atoms with van der Waals surface area (Å²) in [4.78, 5) is 39.5. The zero-order valence-electron chi connectivity index (χ0n) is 22.8. The van der Waals surface area contributed by atoms with Crippen LogP contribution in [0.5, 0.6) is 5.75 Å². The Morgan fingerprint density at radius 3 is 2.54 bits per heavy atom. The highest BCUT2D eigenvalue weighted by Crippen LogP contribution is 2.17. The highest BCUT2D eigenvalue weighted by molar-refractivity contribution is 5.92. The van der Waals surface area contributed by atoms with Crippen molar-refractivity contribution in [1.82, 2.24) is 16.0 Å². The fraction of sp³-hybridized carbons (Fsp3) is 0.344. The van der Waals surface area contributed by atoms with E-state index in [0.717, 1.165) is 11.1 Å². The Hall–Kier alpha value is -4.27. The summed E-state index contributed by atoms with van der Waals surface area (Å²) in [7, 11) is 0. The van der Waals surface area contributed by atoms with Crippen molar-refractivity contribution in [3.8, 4) is 5.75 Å². The molecule has 4 rings (SSSR count). The molecule has 0 saturated heterocycles. The van der Waals surface area contributed by atoms with Crippen molar-refractivity contribution in [2.45, 2.75) is 63.6 Å². The van der Waals surface area contributed by atoms with Crippen LogP contribution in [0.1, 0.15) is 48.8 Å². The van der Waals surface area contributed by atoms with Crippen LogP contribution in [-0.2, 0) is 33.8 Å². The van der Waals surface area contributed by atoms with Crippen molar-refractivity contribution >= 4 is 17.7 Å². The summed E-state index contributed by atoms with van der Waals surface area (Å²) >= 11 is 0. The Balaban J connectivity index is 1.50. The maximum atomic E-state index is 14.1. The lowest BCUT2D eigenvalue weighted by Crippen LogP contribution is -2.53. The van der Waals surface area contributed by atoms with Crippen LogP contribution in [0, 0.1) is 11.6 Å². The molecular formula is C32H35F2N3O4. The van der Waals surface area contributed by atoms with Gasteiger partial charge in [-0.3, -0.25) is 14.4 Å². The Bertz CT molecular complexity index is 1330. The molecule has 216 valence electrons. The van der Waals surface area contributed by atoms with Gasteiger partial charge in [-0.05, 0) is 80.0 Å². The van der Waals surface area contributed by atoms with Crippen LogP contribution < -0.4 is 20.7 Å². The van der Waals surface area contributed by atoms with E-state index < -0.39 is 29.7 Å². The molecule has 0 radical (unpaired) electrons. The lowest BCUT2D eigenvalue weighted by molar-refractivity contribution is -0.132. The fourth-order valence-electron chi connectivity index (χ4n) is 4.68. The molecule has 41 heavy (non-hydrogen) atoms. The van der Waals surface area contributed by atoms with Crippen LogP contribution in [0.2, 0.25) is 0 Å². The number of halogens is 2. The molecule has 3 N–H and O–H groups in total. The summed E-state index contributed by atoms with van der Waals surface area (Å²) in [6.07, 6.45) is 2.88. The molecule has 1 aliphatic heterocycles. The molecule has 2 bridgehead atoms. The van der Waals surface area contributed by atoms with E-state index in [-0.39, 0.29) is 31.1 Å². The van der Waals surface area contributed by atoms with Crippen molar-refractivity contribution in [2.24, 2.45) is 0 Å². The molecule has 3 aromatic rings. The van der Waals surface area contributed by atoms with Crippen LogP contribution in [0.25, 0.3) is 0 Å². The molecule has 9 heteroatoms. The van der Waals surface area contributed by atoms with Gasteiger partial charge in [-0.15, -0.1) is 0 Å². The van der Waals surface area contributed by atoms with Gasteiger partial charge in [-0.25, -0.2) is 8.78 Å². The molecule has 1 heterocycles. The monoisotopic (exact) mass is 563 g/mol. The standard InChI is InChI=1S/C32H35F2N3O4/c33-25-15-11-22(12-16-25)13-17-29-32(40)37-28(31(39)35-21-24-7-1-2-9-27(24)34)10-3-4-19-41-26-8-5-6-23(20-26)14-18-30(38)36-29/h1-2,5-9,11-12,15-16,20,28-29H,3-4,10,13-14,17-19,21H2,(H,35,39)(H,36,38)(H,37,40)/t28-,29+/m1/s1. The van der Waals surface area contributed by atoms with Crippen molar-refractivity contribution in [3.05, 3.63) is 101 Å². The first kappa shape index (κ1) is 29.7. The van der Waals surface area contributed by atoms with Gasteiger partial charge in [0, 0.05) is 18.5 Å². The minimum absolute atomic E-state index is 0.0257. The van der Waals surface area contributed by atoms with E-state index in [1.807, 2.05) is 24.3 Å². The second-order valence-electron chi connectivity index (χ2n) is 10.1. The number of rotatable bonds is 6. The summed E-state index contributed by atoms with van der Waals surface area (Å²) in [5.74, 6) is -1.32. The third kappa shape index (κ3) is 9.41. The predicted octanol–water partition coefficient (Wildman–Crippen LogP) is 4.38. The van der Waals surface area contributed by atoms with E-state index >= 15 is 0 Å². The van der Waals surface area contributed by atoms with Gasteiger partial charge in [0.2, 0.25) is 17.7 Å². The van der Waals surface area contributed by atoms with Crippen LogP contribution in [0.15, 0.2) is 72.8 Å². The number of carbonyl (C=O) groups excluding carboxylic acids is 3. The summed E-state index contributed by atoms with van der Waals surface area (Å²) in [5, 5.41) is 8.36. The number of aryl methyl sites for hydroxylation is 2. The average molecular weight is 564 g/mol. The molecule has 3 amide bonds. The topological polar surface area (TPSA) is 96.5 Å². The van der Waals surface area contributed by atoms with Crippen molar-refractivity contribution < 1.29 is 27.9 Å². The summed E-state index contributed by atoms with van der Waals surface area (Å²) in [6, 6.07) is 17.9. The zero-order chi connectivity index (χ0) is 29.0. The average Bonchev–Trinajstić information content (AvgIpc) is 2.97. The Morgan fingerprint density at radius 1 is 0.927 bits per heavy atom. The molecular weight excluding hydrogens is 528 g/mol. The Kier molecular flexibility index (Phi) is 10.8. The van der Waals surface area contributed by atoms with Gasteiger partial charge in [0.15, 0.2) is 0 Å². The minimum Gasteiger partial charge on any atom is -0.494 e. The van der Waals surface area contributed by atoms with Gasteiger partial charge in [-0.1, -0.05) is 42.5 Å². The number of ether oxygens (including phenoxy) is 1. The van der Waals surface area contributed by atoms with Gasteiger partial charge in [0.25, 0.3) is 0 Å².